The molecule has 7 nitrogen and oxygen atoms in total. The molecule has 0 unspecified atom stereocenters. The summed E-state index contributed by atoms with van der Waals surface area (Å²) in [5.41, 5.74) is 1.24. The van der Waals surface area contributed by atoms with Crippen molar-refractivity contribution in [2.24, 2.45) is 11.8 Å². The second kappa shape index (κ2) is 7.02. The zero-order valence-electron chi connectivity index (χ0n) is 15.6. The van der Waals surface area contributed by atoms with Crippen molar-refractivity contribution in [3.05, 3.63) is 17.0 Å². The highest BCUT2D eigenvalue weighted by atomic mass is 16.5. The summed E-state index contributed by atoms with van der Waals surface area (Å²) >= 11 is 0. The SMILES string of the molecule is CCc1noc(C)c1C(=O)NC[C@H]1[C@@H]2CNC[C@@H](C2)[C@@H]2CCCC(=O)N21. The third-order valence-electron chi connectivity index (χ3n) is 6.37. The number of piperidine rings is 3. The summed E-state index contributed by atoms with van der Waals surface area (Å²) in [6.45, 7) is 6.14. The summed E-state index contributed by atoms with van der Waals surface area (Å²) in [7, 11) is 0. The molecule has 0 aromatic carbocycles. The fourth-order valence-electron chi connectivity index (χ4n) is 5.13. The Morgan fingerprint density at radius 2 is 2.19 bits per heavy atom. The Balaban J connectivity index is 1.51. The minimum Gasteiger partial charge on any atom is -0.361 e. The number of aromatic nitrogens is 1. The second-order valence-corrected chi connectivity index (χ2v) is 7.87. The molecule has 142 valence electrons. The molecular weight excluding hydrogens is 332 g/mol. The van der Waals surface area contributed by atoms with Gasteiger partial charge in [0.25, 0.3) is 5.91 Å². The molecule has 0 radical (unpaired) electrons. The van der Waals surface area contributed by atoms with Gasteiger partial charge in [-0.05, 0) is 51.0 Å². The van der Waals surface area contributed by atoms with Gasteiger partial charge in [-0.1, -0.05) is 12.1 Å². The van der Waals surface area contributed by atoms with Gasteiger partial charge in [-0.15, -0.1) is 0 Å². The molecule has 2 bridgehead atoms. The molecule has 3 fully saturated rings. The lowest BCUT2D eigenvalue weighted by atomic mass is 9.72. The van der Waals surface area contributed by atoms with Gasteiger partial charge in [-0.25, -0.2) is 0 Å². The van der Waals surface area contributed by atoms with E-state index in [1.807, 2.05) is 6.92 Å². The first-order valence-corrected chi connectivity index (χ1v) is 9.85. The molecule has 1 aromatic rings. The van der Waals surface area contributed by atoms with Crippen LogP contribution in [0.3, 0.4) is 0 Å². The minimum atomic E-state index is -0.146. The fraction of sp³-hybridized carbons (Fsp3) is 0.737. The Kier molecular flexibility index (Phi) is 4.73. The van der Waals surface area contributed by atoms with Gasteiger partial charge in [0.2, 0.25) is 5.91 Å². The minimum absolute atomic E-state index is 0.0750. The molecule has 1 aromatic heterocycles. The quantitative estimate of drug-likeness (QED) is 0.844. The first kappa shape index (κ1) is 17.5. The maximum atomic E-state index is 12.7. The Morgan fingerprint density at radius 3 is 3.00 bits per heavy atom. The van der Waals surface area contributed by atoms with Crippen LogP contribution in [0.1, 0.15) is 54.4 Å². The zero-order chi connectivity index (χ0) is 18.3. The first-order chi connectivity index (χ1) is 12.6. The van der Waals surface area contributed by atoms with Crippen LogP contribution in [-0.4, -0.2) is 53.6 Å². The maximum absolute atomic E-state index is 12.7. The Hall–Kier alpha value is -1.89. The van der Waals surface area contributed by atoms with Crippen LogP contribution in [-0.2, 0) is 11.2 Å². The lowest BCUT2D eigenvalue weighted by molar-refractivity contribution is -0.148. The molecule has 3 aliphatic rings. The predicted octanol–water partition coefficient (Wildman–Crippen LogP) is 1.26. The third-order valence-corrected chi connectivity index (χ3v) is 6.37. The topological polar surface area (TPSA) is 87.5 Å². The van der Waals surface area contributed by atoms with Gasteiger partial charge < -0.3 is 20.1 Å². The van der Waals surface area contributed by atoms with Gasteiger partial charge in [-0.2, -0.15) is 0 Å². The highest BCUT2D eigenvalue weighted by molar-refractivity contribution is 5.96. The van der Waals surface area contributed by atoms with Crippen LogP contribution >= 0.6 is 0 Å². The van der Waals surface area contributed by atoms with Gasteiger partial charge >= 0.3 is 0 Å². The lowest BCUT2D eigenvalue weighted by Gasteiger charge is -2.54. The Morgan fingerprint density at radius 1 is 1.38 bits per heavy atom. The van der Waals surface area contributed by atoms with Crippen molar-refractivity contribution >= 4 is 11.8 Å². The van der Waals surface area contributed by atoms with Crippen LogP contribution < -0.4 is 10.6 Å². The molecule has 0 saturated carbocycles. The monoisotopic (exact) mass is 360 g/mol. The lowest BCUT2D eigenvalue weighted by Crippen LogP contribution is -2.66. The van der Waals surface area contributed by atoms with E-state index in [9.17, 15) is 9.59 Å². The summed E-state index contributed by atoms with van der Waals surface area (Å²) in [5, 5.41) is 10.6. The van der Waals surface area contributed by atoms with E-state index in [1.165, 1.54) is 0 Å². The van der Waals surface area contributed by atoms with Gasteiger partial charge in [-0.3, -0.25) is 9.59 Å². The number of carbonyl (C=O) groups is 2. The van der Waals surface area contributed by atoms with Crippen molar-refractivity contribution in [2.45, 2.75) is 58.0 Å². The van der Waals surface area contributed by atoms with E-state index in [1.54, 1.807) is 6.92 Å². The molecule has 0 spiro atoms. The Bertz CT molecular complexity index is 701. The van der Waals surface area contributed by atoms with Crippen molar-refractivity contribution in [1.29, 1.82) is 0 Å². The number of nitrogens with zero attached hydrogens (tertiary/aromatic N) is 2. The van der Waals surface area contributed by atoms with Gasteiger partial charge in [0.1, 0.15) is 11.3 Å². The van der Waals surface area contributed by atoms with E-state index in [4.69, 9.17) is 4.52 Å². The number of aryl methyl sites for hydroxylation is 2. The van der Waals surface area contributed by atoms with Crippen molar-refractivity contribution in [3.63, 3.8) is 0 Å². The zero-order valence-corrected chi connectivity index (χ0v) is 15.6. The van der Waals surface area contributed by atoms with Crippen LogP contribution in [0, 0.1) is 18.8 Å². The molecule has 3 saturated heterocycles. The first-order valence-electron chi connectivity index (χ1n) is 9.85. The number of nitrogens with one attached hydrogen (secondary N) is 2. The molecule has 26 heavy (non-hydrogen) atoms. The highest BCUT2D eigenvalue weighted by Gasteiger charge is 2.47. The summed E-state index contributed by atoms with van der Waals surface area (Å²) in [6, 6.07) is 0.400. The fourth-order valence-corrected chi connectivity index (χ4v) is 5.13. The molecule has 0 aliphatic carbocycles. The van der Waals surface area contributed by atoms with Crippen molar-refractivity contribution in [1.82, 2.24) is 20.7 Å². The molecule has 3 aliphatic heterocycles. The number of rotatable bonds is 4. The van der Waals surface area contributed by atoms with Gasteiger partial charge in [0.05, 0.1) is 11.7 Å². The molecule has 4 heterocycles. The van der Waals surface area contributed by atoms with Gasteiger partial charge in [0.15, 0.2) is 0 Å². The number of hydrogen-bond donors (Lipinski definition) is 2. The predicted molar refractivity (Wildman–Crippen MR) is 95.7 cm³/mol. The van der Waals surface area contributed by atoms with E-state index in [2.05, 4.69) is 20.7 Å². The number of hydrogen-bond acceptors (Lipinski definition) is 5. The summed E-state index contributed by atoms with van der Waals surface area (Å²) in [5.74, 6) is 1.62. The van der Waals surface area contributed by atoms with E-state index in [0.717, 1.165) is 32.4 Å². The van der Waals surface area contributed by atoms with Crippen molar-refractivity contribution in [3.8, 4) is 0 Å². The molecule has 4 atom stereocenters. The Labute approximate surface area is 153 Å². The van der Waals surface area contributed by atoms with E-state index in [-0.39, 0.29) is 17.9 Å². The van der Waals surface area contributed by atoms with Crippen LogP contribution in [0.15, 0.2) is 4.52 Å². The van der Waals surface area contributed by atoms with Gasteiger partial charge in [0, 0.05) is 25.6 Å². The standard InChI is InChI=1S/C19H28N4O3/c1-3-14-18(11(2)26-22-14)19(25)21-10-16-13-7-12(8-20-9-13)15-5-4-6-17(24)23(15)16/h12-13,15-16,20H,3-10H2,1-2H3,(H,21,25)/t12-,13+,15+,16+/m1/s1. The average Bonchev–Trinajstić information content (AvgIpc) is 3.03. The molecule has 7 heteroatoms. The number of fused-ring (bicyclic) bond motifs is 4. The normalized spacial score (nSPS) is 30.8. The van der Waals surface area contributed by atoms with E-state index >= 15 is 0 Å². The van der Waals surface area contributed by atoms with Crippen LogP contribution in [0.4, 0.5) is 0 Å². The average molecular weight is 360 g/mol. The second-order valence-electron chi connectivity index (χ2n) is 7.87. The molecule has 2 N–H and O–H groups in total. The van der Waals surface area contributed by atoms with E-state index < -0.39 is 0 Å². The molecule has 2 amide bonds. The van der Waals surface area contributed by atoms with Crippen molar-refractivity contribution in [2.75, 3.05) is 19.6 Å². The van der Waals surface area contributed by atoms with Crippen LogP contribution in [0.2, 0.25) is 0 Å². The smallest absolute Gasteiger partial charge is 0.256 e. The third kappa shape index (κ3) is 2.92. The van der Waals surface area contributed by atoms with Crippen molar-refractivity contribution < 1.29 is 14.1 Å². The van der Waals surface area contributed by atoms with Crippen LogP contribution in [0.5, 0.6) is 0 Å². The summed E-state index contributed by atoms with van der Waals surface area (Å²) in [4.78, 5) is 27.5. The van der Waals surface area contributed by atoms with E-state index in [0.29, 0.717) is 54.3 Å². The maximum Gasteiger partial charge on any atom is 0.256 e. The largest absolute Gasteiger partial charge is 0.361 e. The summed E-state index contributed by atoms with van der Waals surface area (Å²) < 4.78 is 5.18. The molecular formula is C19H28N4O3. The highest BCUT2D eigenvalue weighted by Crippen LogP contribution is 2.39. The van der Waals surface area contributed by atoms with Crippen LogP contribution in [0.25, 0.3) is 0 Å². The number of amides is 2. The molecule has 4 rings (SSSR count). The number of carbonyl (C=O) groups excluding carboxylic acids is 2. The summed E-state index contributed by atoms with van der Waals surface area (Å²) in [6.07, 6.45) is 4.51.